The Morgan fingerprint density at radius 3 is 1.44 bits per heavy atom. The lowest BCUT2D eigenvalue weighted by atomic mass is 10.0. The van der Waals surface area contributed by atoms with E-state index >= 15 is 0 Å². The highest BCUT2D eigenvalue weighted by Crippen LogP contribution is 2.22. The van der Waals surface area contributed by atoms with Gasteiger partial charge in [0.05, 0.1) is 0 Å². The van der Waals surface area contributed by atoms with Gasteiger partial charge in [-0.1, -0.05) is 114 Å². The molecule has 2 aromatic carbocycles. The molecule has 170 valence electrons. The maximum atomic E-state index is 4.64. The third-order valence-corrected chi connectivity index (χ3v) is 6.29. The predicted molar refractivity (Wildman–Crippen MR) is 138 cm³/mol. The summed E-state index contributed by atoms with van der Waals surface area (Å²) in [4.78, 5) is 9.28. The quantitative estimate of drug-likeness (QED) is 0.240. The van der Waals surface area contributed by atoms with Crippen LogP contribution in [0.1, 0.15) is 89.2 Å². The molecule has 1 aromatic heterocycles. The van der Waals surface area contributed by atoms with Crippen molar-refractivity contribution in [1.29, 1.82) is 0 Å². The second-order valence-electron chi connectivity index (χ2n) is 9.02. The zero-order valence-electron chi connectivity index (χ0n) is 20.2. The average Bonchev–Trinajstić information content (AvgIpc) is 2.85. The van der Waals surface area contributed by atoms with Crippen LogP contribution < -0.4 is 0 Å². The van der Waals surface area contributed by atoms with E-state index in [1.807, 2.05) is 12.4 Å². The first-order chi connectivity index (χ1) is 15.8. The minimum Gasteiger partial charge on any atom is -0.236 e. The molecule has 0 saturated heterocycles. The Kier molecular flexibility index (Phi) is 10.4. The van der Waals surface area contributed by atoms with Crippen LogP contribution in [0.3, 0.4) is 0 Å². The van der Waals surface area contributed by atoms with Crippen molar-refractivity contribution in [3.63, 3.8) is 0 Å². The van der Waals surface area contributed by atoms with Crippen LogP contribution in [0.15, 0.2) is 60.9 Å². The SMILES string of the molecule is CCCCCCCCc1ccc(-c2ncc(-c3ccc(CCCCCC)cc3)cn2)cc1. The van der Waals surface area contributed by atoms with Crippen molar-refractivity contribution in [3.8, 4) is 22.5 Å². The van der Waals surface area contributed by atoms with Crippen molar-refractivity contribution < 1.29 is 0 Å². The molecule has 0 aliphatic carbocycles. The van der Waals surface area contributed by atoms with E-state index in [2.05, 4.69) is 72.3 Å². The van der Waals surface area contributed by atoms with Crippen LogP contribution in [0, 0.1) is 0 Å². The van der Waals surface area contributed by atoms with E-state index in [0.29, 0.717) is 0 Å². The van der Waals surface area contributed by atoms with Crippen molar-refractivity contribution in [2.75, 3.05) is 0 Å². The summed E-state index contributed by atoms with van der Waals surface area (Å²) >= 11 is 0. The summed E-state index contributed by atoms with van der Waals surface area (Å²) in [5, 5.41) is 0. The largest absolute Gasteiger partial charge is 0.236 e. The van der Waals surface area contributed by atoms with Gasteiger partial charge in [0.15, 0.2) is 5.82 Å². The van der Waals surface area contributed by atoms with E-state index in [4.69, 9.17) is 0 Å². The van der Waals surface area contributed by atoms with E-state index < -0.39 is 0 Å². The van der Waals surface area contributed by atoms with Crippen molar-refractivity contribution >= 4 is 0 Å². The average molecular weight is 429 g/mol. The molecular formula is C30H40N2. The number of hydrogen-bond donors (Lipinski definition) is 0. The minimum atomic E-state index is 0.799. The zero-order chi connectivity index (χ0) is 22.4. The van der Waals surface area contributed by atoms with Gasteiger partial charge in [-0.25, -0.2) is 9.97 Å². The van der Waals surface area contributed by atoms with Gasteiger partial charge in [-0.2, -0.15) is 0 Å². The Balaban J connectivity index is 1.50. The number of aromatic nitrogens is 2. The summed E-state index contributed by atoms with van der Waals surface area (Å²) in [5.74, 6) is 0.799. The van der Waals surface area contributed by atoms with Gasteiger partial charge >= 0.3 is 0 Å². The number of benzene rings is 2. The fourth-order valence-corrected chi connectivity index (χ4v) is 4.18. The topological polar surface area (TPSA) is 25.8 Å². The Morgan fingerprint density at radius 2 is 0.906 bits per heavy atom. The van der Waals surface area contributed by atoms with Crippen molar-refractivity contribution in [2.24, 2.45) is 0 Å². The summed E-state index contributed by atoms with van der Waals surface area (Å²) in [7, 11) is 0. The molecule has 1 heterocycles. The summed E-state index contributed by atoms with van der Waals surface area (Å²) in [6.45, 7) is 4.53. The van der Waals surface area contributed by atoms with E-state index in [0.717, 1.165) is 17.0 Å². The number of hydrogen-bond acceptors (Lipinski definition) is 2. The smallest absolute Gasteiger partial charge is 0.159 e. The van der Waals surface area contributed by atoms with Crippen LogP contribution >= 0.6 is 0 Å². The fourth-order valence-electron chi connectivity index (χ4n) is 4.18. The van der Waals surface area contributed by atoms with Gasteiger partial charge in [0.2, 0.25) is 0 Å². The normalized spacial score (nSPS) is 11.1. The van der Waals surface area contributed by atoms with Crippen LogP contribution in [-0.2, 0) is 12.8 Å². The van der Waals surface area contributed by atoms with Gasteiger partial charge in [-0.05, 0) is 42.4 Å². The Bertz CT molecular complexity index is 880. The lowest BCUT2D eigenvalue weighted by Crippen LogP contribution is -1.92. The monoisotopic (exact) mass is 428 g/mol. The van der Waals surface area contributed by atoms with Crippen molar-refractivity contribution in [2.45, 2.75) is 90.9 Å². The molecule has 3 rings (SSSR count). The molecule has 0 spiro atoms. The molecule has 32 heavy (non-hydrogen) atoms. The summed E-state index contributed by atoms with van der Waals surface area (Å²) in [5.41, 5.74) is 6.18. The van der Waals surface area contributed by atoms with E-state index in [1.54, 1.807) is 0 Å². The standard InChI is InChI=1S/C30H40N2/c1-3-5-7-9-10-12-14-26-17-21-28(22-18-26)30-31-23-29(24-32-30)27-19-15-25(16-20-27)13-11-8-6-4-2/h15-24H,3-14H2,1-2H3. The lowest BCUT2D eigenvalue weighted by molar-refractivity contribution is 0.607. The number of unbranched alkanes of at least 4 members (excludes halogenated alkanes) is 8. The van der Waals surface area contributed by atoms with Gasteiger partial charge in [-0.15, -0.1) is 0 Å². The molecule has 0 amide bonds. The van der Waals surface area contributed by atoms with Gasteiger partial charge in [0.1, 0.15) is 0 Å². The second-order valence-corrected chi connectivity index (χ2v) is 9.02. The first kappa shape index (κ1) is 24.2. The molecule has 0 aliphatic rings. The molecule has 0 aliphatic heterocycles. The molecule has 0 atom stereocenters. The highest BCUT2D eigenvalue weighted by Gasteiger charge is 2.04. The third-order valence-electron chi connectivity index (χ3n) is 6.29. The van der Waals surface area contributed by atoms with E-state index in [1.165, 1.54) is 93.7 Å². The third kappa shape index (κ3) is 7.89. The van der Waals surface area contributed by atoms with Crippen LogP contribution in [0.25, 0.3) is 22.5 Å². The molecule has 0 unspecified atom stereocenters. The highest BCUT2D eigenvalue weighted by molar-refractivity contribution is 5.64. The van der Waals surface area contributed by atoms with Crippen LogP contribution in [-0.4, -0.2) is 9.97 Å². The molecular weight excluding hydrogens is 388 g/mol. The predicted octanol–water partition coefficient (Wildman–Crippen LogP) is 8.84. The second kappa shape index (κ2) is 13.8. The fraction of sp³-hybridized carbons (Fsp3) is 0.467. The Labute approximate surface area is 195 Å². The molecule has 2 nitrogen and oxygen atoms in total. The van der Waals surface area contributed by atoms with Crippen LogP contribution in [0.2, 0.25) is 0 Å². The van der Waals surface area contributed by atoms with Gasteiger partial charge < -0.3 is 0 Å². The molecule has 0 fully saturated rings. The zero-order valence-corrected chi connectivity index (χ0v) is 20.2. The first-order valence-electron chi connectivity index (χ1n) is 12.8. The van der Waals surface area contributed by atoms with E-state index in [9.17, 15) is 0 Å². The van der Waals surface area contributed by atoms with Gasteiger partial charge in [-0.3, -0.25) is 0 Å². The summed E-state index contributed by atoms with van der Waals surface area (Å²) < 4.78 is 0. The van der Waals surface area contributed by atoms with Gasteiger partial charge in [0, 0.05) is 23.5 Å². The first-order valence-corrected chi connectivity index (χ1v) is 12.8. The highest BCUT2D eigenvalue weighted by atomic mass is 14.9. The molecule has 0 bridgehead atoms. The molecule has 0 N–H and O–H groups in total. The number of aryl methyl sites for hydroxylation is 2. The Hall–Kier alpha value is -2.48. The van der Waals surface area contributed by atoms with Gasteiger partial charge in [0.25, 0.3) is 0 Å². The minimum absolute atomic E-state index is 0.799. The van der Waals surface area contributed by atoms with E-state index in [-0.39, 0.29) is 0 Å². The van der Waals surface area contributed by atoms with Crippen LogP contribution in [0.4, 0.5) is 0 Å². The summed E-state index contributed by atoms with van der Waals surface area (Å²) in [6, 6.07) is 17.7. The molecule has 0 radical (unpaired) electrons. The van der Waals surface area contributed by atoms with Crippen molar-refractivity contribution in [3.05, 3.63) is 72.1 Å². The lowest BCUT2D eigenvalue weighted by Gasteiger charge is -2.06. The maximum absolute atomic E-state index is 4.64. The molecule has 0 saturated carbocycles. The molecule has 2 heteroatoms. The number of rotatable bonds is 14. The van der Waals surface area contributed by atoms with Crippen molar-refractivity contribution in [1.82, 2.24) is 9.97 Å². The molecule has 3 aromatic rings. The summed E-state index contributed by atoms with van der Waals surface area (Å²) in [6.07, 6.45) is 19.5. The van der Waals surface area contributed by atoms with Crippen LogP contribution in [0.5, 0.6) is 0 Å². The number of nitrogens with zero attached hydrogens (tertiary/aromatic N) is 2. The maximum Gasteiger partial charge on any atom is 0.159 e. The Morgan fingerprint density at radius 1 is 0.469 bits per heavy atom.